The zero-order valence-electron chi connectivity index (χ0n) is 22.6. The maximum absolute atomic E-state index is 13.7. The van der Waals surface area contributed by atoms with Crippen LogP contribution in [-0.4, -0.2) is 70.2 Å². The maximum atomic E-state index is 13.7. The van der Waals surface area contributed by atoms with Crippen LogP contribution in [0.5, 0.6) is 17.2 Å². The molecule has 4 heterocycles. The highest BCUT2D eigenvalue weighted by atomic mass is 16.7. The molecule has 0 radical (unpaired) electrons. The molecule has 40 heavy (non-hydrogen) atoms. The maximum Gasteiger partial charge on any atom is 0.253 e. The second-order valence-electron chi connectivity index (χ2n) is 10.7. The van der Waals surface area contributed by atoms with Gasteiger partial charge in [0.25, 0.3) is 5.56 Å². The number of anilines is 1. The number of benzene rings is 2. The summed E-state index contributed by atoms with van der Waals surface area (Å²) in [6.07, 6.45) is 5.66. The minimum absolute atomic E-state index is 0.151. The summed E-state index contributed by atoms with van der Waals surface area (Å²) in [5.41, 5.74) is 2.27. The van der Waals surface area contributed by atoms with Gasteiger partial charge < -0.3 is 24.1 Å². The summed E-state index contributed by atoms with van der Waals surface area (Å²) in [6, 6.07) is 13.7. The number of ether oxygens (including phenoxy) is 3. The molecule has 1 saturated heterocycles. The molecule has 0 unspecified atom stereocenters. The number of H-pyrrole nitrogens is 1. The highest BCUT2D eigenvalue weighted by Crippen LogP contribution is 2.38. The molecule has 208 valence electrons. The van der Waals surface area contributed by atoms with Gasteiger partial charge in [-0.1, -0.05) is 31.4 Å². The van der Waals surface area contributed by atoms with Crippen LogP contribution in [0.4, 0.5) is 5.69 Å². The smallest absolute Gasteiger partial charge is 0.253 e. The number of rotatable bonds is 6. The summed E-state index contributed by atoms with van der Waals surface area (Å²) in [4.78, 5) is 21.5. The minimum atomic E-state index is -0.393. The Morgan fingerprint density at radius 3 is 2.58 bits per heavy atom. The van der Waals surface area contributed by atoms with Crippen molar-refractivity contribution in [3.05, 3.63) is 64.2 Å². The van der Waals surface area contributed by atoms with Crippen molar-refractivity contribution in [3.63, 3.8) is 0 Å². The Labute approximate surface area is 231 Å². The number of piperazine rings is 1. The Balaban J connectivity index is 1.27. The first-order valence-corrected chi connectivity index (χ1v) is 14.1. The molecular weight excluding hydrogens is 510 g/mol. The topological polar surface area (TPSA) is 111 Å². The zero-order valence-corrected chi connectivity index (χ0v) is 22.6. The molecule has 0 amide bonds. The number of aromatic nitrogens is 5. The lowest BCUT2D eigenvalue weighted by molar-refractivity contribution is 0.174. The van der Waals surface area contributed by atoms with Crippen molar-refractivity contribution in [1.29, 1.82) is 0 Å². The SMILES string of the molecule is COc1ccccc1N1CCN([C@H](c2cc3cc4c(cc3[nH]c2=O)OCO4)c2nnnn2C2CCCCC2)CC1. The predicted octanol–water partition coefficient (Wildman–Crippen LogP) is 3.67. The van der Waals surface area contributed by atoms with Crippen molar-refractivity contribution < 1.29 is 14.2 Å². The van der Waals surface area contributed by atoms with Gasteiger partial charge >= 0.3 is 0 Å². The van der Waals surface area contributed by atoms with Crippen LogP contribution in [0.3, 0.4) is 0 Å². The Bertz CT molecular complexity index is 1570. The largest absolute Gasteiger partial charge is 0.495 e. The Kier molecular flexibility index (Phi) is 6.51. The van der Waals surface area contributed by atoms with E-state index in [1.807, 2.05) is 41.1 Å². The lowest BCUT2D eigenvalue weighted by Gasteiger charge is -2.40. The fourth-order valence-electron chi connectivity index (χ4n) is 6.39. The number of tetrazole rings is 1. The molecule has 11 heteroatoms. The number of nitrogens with zero attached hydrogens (tertiary/aromatic N) is 6. The van der Waals surface area contributed by atoms with Crippen LogP contribution in [0.2, 0.25) is 0 Å². The molecule has 0 bridgehead atoms. The van der Waals surface area contributed by atoms with Crippen LogP contribution in [-0.2, 0) is 0 Å². The van der Waals surface area contributed by atoms with E-state index in [9.17, 15) is 4.79 Å². The van der Waals surface area contributed by atoms with E-state index in [-0.39, 0.29) is 18.4 Å². The number of hydrogen-bond donors (Lipinski definition) is 1. The Morgan fingerprint density at radius 2 is 1.77 bits per heavy atom. The molecule has 1 aliphatic carbocycles. The van der Waals surface area contributed by atoms with E-state index in [1.54, 1.807) is 7.11 Å². The van der Waals surface area contributed by atoms with Gasteiger partial charge in [-0.05, 0) is 47.5 Å². The number of hydrogen-bond acceptors (Lipinski definition) is 9. The number of nitrogens with one attached hydrogen (secondary N) is 1. The van der Waals surface area contributed by atoms with Gasteiger partial charge in [-0.25, -0.2) is 4.68 Å². The molecule has 2 fully saturated rings. The summed E-state index contributed by atoms with van der Waals surface area (Å²) in [7, 11) is 1.70. The van der Waals surface area contributed by atoms with Gasteiger partial charge in [-0.2, -0.15) is 0 Å². The van der Waals surface area contributed by atoms with E-state index < -0.39 is 6.04 Å². The number of pyridine rings is 1. The van der Waals surface area contributed by atoms with Gasteiger partial charge in [0.2, 0.25) is 6.79 Å². The third-order valence-electron chi connectivity index (χ3n) is 8.45. The molecular formula is C29H33N7O4. The quantitative estimate of drug-likeness (QED) is 0.389. The van der Waals surface area contributed by atoms with Crippen LogP contribution in [0.15, 0.2) is 47.3 Å². The van der Waals surface area contributed by atoms with Crippen LogP contribution in [0, 0.1) is 0 Å². The van der Waals surface area contributed by atoms with Crippen LogP contribution in [0.1, 0.15) is 55.6 Å². The number of methoxy groups -OCH3 is 1. The van der Waals surface area contributed by atoms with Crippen molar-refractivity contribution >= 4 is 16.6 Å². The molecule has 2 aromatic heterocycles. The van der Waals surface area contributed by atoms with E-state index in [0.29, 0.717) is 22.6 Å². The van der Waals surface area contributed by atoms with E-state index in [1.165, 1.54) is 6.42 Å². The fourth-order valence-corrected chi connectivity index (χ4v) is 6.39. The van der Waals surface area contributed by atoms with Crippen LogP contribution < -0.4 is 24.7 Å². The summed E-state index contributed by atoms with van der Waals surface area (Å²) in [6.45, 7) is 3.22. The van der Waals surface area contributed by atoms with Gasteiger partial charge in [-0.15, -0.1) is 5.10 Å². The van der Waals surface area contributed by atoms with E-state index in [2.05, 4.69) is 36.4 Å². The molecule has 1 N–H and O–H groups in total. The summed E-state index contributed by atoms with van der Waals surface area (Å²) in [5, 5.41) is 14.0. The molecule has 11 nitrogen and oxygen atoms in total. The average Bonchev–Trinajstić information content (AvgIpc) is 3.67. The van der Waals surface area contributed by atoms with E-state index in [4.69, 9.17) is 14.2 Å². The Morgan fingerprint density at radius 1 is 1.00 bits per heavy atom. The monoisotopic (exact) mass is 543 g/mol. The fraction of sp³-hybridized carbons (Fsp3) is 0.448. The van der Waals surface area contributed by atoms with Gasteiger partial charge in [-0.3, -0.25) is 9.69 Å². The molecule has 4 aromatic rings. The third-order valence-corrected chi connectivity index (χ3v) is 8.45. The van der Waals surface area contributed by atoms with Gasteiger partial charge in [0.1, 0.15) is 11.8 Å². The standard InChI is InChI=1S/C29H33N7O4/c1-38-24-10-6-5-9-23(24)34-11-13-35(14-12-34)27(28-31-32-33-36(28)20-7-3-2-4-8-20)21-15-19-16-25-26(40-18-39-25)17-22(19)30-29(21)37/h5-6,9-10,15-17,20,27H,2-4,7-8,11-14,18H2,1H3,(H,30,37)/t27-/m1/s1. The van der Waals surface area contributed by atoms with Crippen molar-refractivity contribution in [1.82, 2.24) is 30.1 Å². The average molecular weight is 544 g/mol. The normalized spacial score (nSPS) is 18.8. The lowest BCUT2D eigenvalue weighted by atomic mass is 9.95. The first-order chi connectivity index (χ1) is 19.7. The van der Waals surface area contributed by atoms with Crippen molar-refractivity contribution in [3.8, 4) is 17.2 Å². The summed E-state index contributed by atoms with van der Waals surface area (Å²) < 4.78 is 18.8. The molecule has 7 rings (SSSR count). The predicted molar refractivity (Wildman–Crippen MR) is 149 cm³/mol. The minimum Gasteiger partial charge on any atom is -0.495 e. The summed E-state index contributed by atoms with van der Waals surface area (Å²) in [5.74, 6) is 2.90. The Hall–Kier alpha value is -4.12. The zero-order chi connectivity index (χ0) is 27.1. The summed E-state index contributed by atoms with van der Waals surface area (Å²) >= 11 is 0. The molecule has 1 saturated carbocycles. The first kappa shape index (κ1) is 24.9. The molecule has 0 spiro atoms. The second kappa shape index (κ2) is 10.5. The first-order valence-electron chi connectivity index (χ1n) is 14.1. The number of para-hydroxylation sites is 2. The van der Waals surface area contributed by atoms with E-state index in [0.717, 1.165) is 74.5 Å². The van der Waals surface area contributed by atoms with Crippen LogP contribution >= 0.6 is 0 Å². The van der Waals surface area contributed by atoms with Crippen LogP contribution in [0.25, 0.3) is 10.9 Å². The van der Waals surface area contributed by atoms with Gasteiger partial charge in [0.05, 0.1) is 24.4 Å². The van der Waals surface area contributed by atoms with Crippen molar-refractivity contribution in [2.45, 2.75) is 44.2 Å². The van der Waals surface area contributed by atoms with Gasteiger partial charge in [0, 0.05) is 43.2 Å². The second-order valence-corrected chi connectivity index (χ2v) is 10.7. The number of aromatic amines is 1. The lowest BCUT2D eigenvalue weighted by Crippen LogP contribution is -2.49. The van der Waals surface area contributed by atoms with Gasteiger partial charge in [0.15, 0.2) is 17.3 Å². The third kappa shape index (κ3) is 4.43. The highest BCUT2D eigenvalue weighted by molar-refractivity contribution is 5.83. The van der Waals surface area contributed by atoms with Crippen molar-refractivity contribution in [2.75, 3.05) is 45.0 Å². The number of fused-ring (bicyclic) bond motifs is 2. The molecule has 3 aliphatic rings. The van der Waals surface area contributed by atoms with E-state index >= 15 is 0 Å². The van der Waals surface area contributed by atoms with Crippen molar-refractivity contribution in [2.24, 2.45) is 0 Å². The highest BCUT2D eigenvalue weighted by Gasteiger charge is 2.35. The molecule has 1 atom stereocenters. The molecule has 2 aliphatic heterocycles. The molecule has 2 aromatic carbocycles.